The van der Waals surface area contributed by atoms with Gasteiger partial charge in [0.25, 0.3) is 0 Å². The Morgan fingerprint density at radius 3 is 2.67 bits per heavy atom. The maximum atomic E-state index is 12.3. The molecule has 1 aromatic carbocycles. The second kappa shape index (κ2) is 8.21. The molecule has 0 radical (unpaired) electrons. The third kappa shape index (κ3) is 5.91. The molecule has 0 bridgehead atoms. The Kier molecular flexibility index (Phi) is 6.94. The molecule has 0 amide bonds. The molecular weight excluding hydrogens is 292 g/mol. The summed E-state index contributed by atoms with van der Waals surface area (Å²) < 4.78 is 37.7. The van der Waals surface area contributed by atoms with Crippen LogP contribution in [0.4, 0.5) is 5.69 Å². The number of nitrogens with one attached hydrogen (secondary N) is 1. The summed E-state index contributed by atoms with van der Waals surface area (Å²) >= 11 is 0. The normalized spacial score (nSPS) is 11.8. The molecule has 3 N–H and O–H groups in total. The van der Waals surface area contributed by atoms with Crippen LogP contribution in [0.15, 0.2) is 23.1 Å². The predicted octanol–water partition coefficient (Wildman–Crippen LogP) is 1.62. The maximum Gasteiger partial charge on any atom is 0.244 e. The van der Waals surface area contributed by atoms with Gasteiger partial charge in [-0.3, -0.25) is 0 Å². The Hall–Kier alpha value is -1.31. The first-order chi connectivity index (χ1) is 9.86. The zero-order valence-electron chi connectivity index (χ0n) is 12.8. The first kappa shape index (κ1) is 17.7. The van der Waals surface area contributed by atoms with Crippen LogP contribution < -0.4 is 15.2 Å². The van der Waals surface area contributed by atoms with Crippen LogP contribution in [0, 0.1) is 5.92 Å². The third-order valence-electron chi connectivity index (χ3n) is 2.55. The summed E-state index contributed by atoms with van der Waals surface area (Å²) in [6.45, 7) is 7.36. The zero-order chi connectivity index (χ0) is 15.9. The number of hydrogen-bond donors (Lipinski definition) is 2. The van der Waals surface area contributed by atoms with Gasteiger partial charge in [-0.05, 0) is 31.0 Å². The van der Waals surface area contributed by atoms with Gasteiger partial charge in [-0.25, -0.2) is 13.1 Å². The van der Waals surface area contributed by atoms with E-state index in [1.54, 1.807) is 19.1 Å². The first-order valence-electron chi connectivity index (χ1n) is 6.96. The summed E-state index contributed by atoms with van der Waals surface area (Å²) in [5, 5.41) is 0. The van der Waals surface area contributed by atoms with Crippen molar-refractivity contribution >= 4 is 15.7 Å². The van der Waals surface area contributed by atoms with Crippen LogP contribution in [0.25, 0.3) is 0 Å². The molecule has 0 spiro atoms. The van der Waals surface area contributed by atoms with E-state index in [1.807, 2.05) is 13.8 Å². The van der Waals surface area contributed by atoms with Crippen LogP contribution >= 0.6 is 0 Å². The number of hydrogen-bond acceptors (Lipinski definition) is 5. The molecule has 7 heteroatoms. The van der Waals surface area contributed by atoms with Crippen LogP contribution in [-0.2, 0) is 14.8 Å². The topological polar surface area (TPSA) is 90.7 Å². The van der Waals surface area contributed by atoms with E-state index in [4.69, 9.17) is 15.2 Å². The summed E-state index contributed by atoms with van der Waals surface area (Å²) in [7, 11) is -3.67. The van der Waals surface area contributed by atoms with Crippen LogP contribution in [0.5, 0.6) is 5.75 Å². The molecule has 0 aromatic heterocycles. The van der Waals surface area contributed by atoms with Gasteiger partial charge in [0, 0.05) is 18.8 Å². The second-order valence-electron chi connectivity index (χ2n) is 5.01. The van der Waals surface area contributed by atoms with Crippen molar-refractivity contribution in [2.45, 2.75) is 25.7 Å². The third-order valence-corrected chi connectivity index (χ3v) is 4.03. The lowest BCUT2D eigenvalue weighted by molar-refractivity contribution is 0.114. The van der Waals surface area contributed by atoms with Gasteiger partial charge < -0.3 is 15.2 Å². The molecule has 21 heavy (non-hydrogen) atoms. The number of benzene rings is 1. The Bertz CT molecular complexity index is 544. The molecule has 0 fully saturated rings. The fourth-order valence-electron chi connectivity index (χ4n) is 1.65. The van der Waals surface area contributed by atoms with E-state index in [1.165, 1.54) is 6.07 Å². The van der Waals surface area contributed by atoms with E-state index in [0.29, 0.717) is 37.2 Å². The Balaban J connectivity index is 2.71. The van der Waals surface area contributed by atoms with Crippen molar-refractivity contribution in [1.82, 2.24) is 4.72 Å². The summed E-state index contributed by atoms with van der Waals surface area (Å²) in [4.78, 5) is 0.0493. The largest absolute Gasteiger partial charge is 0.492 e. The monoisotopic (exact) mass is 316 g/mol. The van der Waals surface area contributed by atoms with Crippen molar-refractivity contribution in [2.75, 3.05) is 32.1 Å². The lowest BCUT2D eigenvalue weighted by Gasteiger charge is -2.13. The highest BCUT2D eigenvalue weighted by atomic mass is 32.2. The minimum atomic E-state index is -3.67. The lowest BCUT2D eigenvalue weighted by atomic mass is 10.2. The van der Waals surface area contributed by atoms with Gasteiger partial charge in [-0.15, -0.1) is 0 Å². The number of sulfonamides is 1. The van der Waals surface area contributed by atoms with Gasteiger partial charge in [0.05, 0.1) is 13.2 Å². The van der Waals surface area contributed by atoms with Crippen molar-refractivity contribution in [3.63, 3.8) is 0 Å². The zero-order valence-corrected chi connectivity index (χ0v) is 13.6. The van der Waals surface area contributed by atoms with Crippen molar-refractivity contribution in [3.8, 4) is 5.75 Å². The number of nitrogens with two attached hydrogens (primary N) is 1. The minimum Gasteiger partial charge on any atom is -0.492 e. The van der Waals surface area contributed by atoms with Crippen molar-refractivity contribution in [1.29, 1.82) is 0 Å². The molecular formula is C14H24N2O4S. The quantitative estimate of drug-likeness (QED) is 0.533. The highest BCUT2D eigenvalue weighted by Crippen LogP contribution is 2.25. The second-order valence-corrected chi connectivity index (χ2v) is 6.74. The number of nitrogen functional groups attached to an aromatic ring is 1. The van der Waals surface area contributed by atoms with Crippen molar-refractivity contribution in [2.24, 2.45) is 5.92 Å². The van der Waals surface area contributed by atoms with Gasteiger partial charge >= 0.3 is 0 Å². The molecule has 1 rings (SSSR count). The molecule has 0 heterocycles. The maximum absolute atomic E-state index is 12.3. The molecule has 0 aliphatic rings. The number of ether oxygens (including phenoxy) is 2. The van der Waals surface area contributed by atoms with E-state index in [0.717, 1.165) is 0 Å². The van der Waals surface area contributed by atoms with Gasteiger partial charge in [-0.2, -0.15) is 0 Å². The van der Waals surface area contributed by atoms with E-state index >= 15 is 0 Å². The Morgan fingerprint density at radius 1 is 1.33 bits per heavy atom. The Morgan fingerprint density at radius 2 is 2.05 bits per heavy atom. The molecule has 0 aliphatic carbocycles. The minimum absolute atomic E-state index is 0.0493. The van der Waals surface area contributed by atoms with E-state index < -0.39 is 10.0 Å². The summed E-state index contributed by atoms with van der Waals surface area (Å²) in [6, 6.07) is 4.56. The first-order valence-corrected chi connectivity index (χ1v) is 8.45. The molecule has 0 unspecified atom stereocenters. The van der Waals surface area contributed by atoms with Gasteiger partial charge in [-0.1, -0.05) is 13.8 Å². The SMILES string of the molecule is CCOc1ccc(N)cc1S(=O)(=O)NCCOCC(C)C. The fourth-order valence-corrected chi connectivity index (χ4v) is 2.85. The fraction of sp³-hybridized carbons (Fsp3) is 0.571. The summed E-state index contributed by atoms with van der Waals surface area (Å²) in [5.74, 6) is 0.711. The summed E-state index contributed by atoms with van der Waals surface area (Å²) in [5.41, 5.74) is 6.03. The van der Waals surface area contributed by atoms with E-state index in [9.17, 15) is 8.42 Å². The molecule has 1 aromatic rings. The average molecular weight is 316 g/mol. The van der Waals surface area contributed by atoms with E-state index in [2.05, 4.69) is 4.72 Å². The standard InChI is InChI=1S/C14H24N2O4S/c1-4-20-13-6-5-12(15)9-14(13)21(17,18)16-7-8-19-10-11(2)3/h5-6,9,11,16H,4,7-8,10,15H2,1-3H3. The van der Waals surface area contributed by atoms with E-state index in [-0.39, 0.29) is 11.4 Å². The van der Waals surface area contributed by atoms with Crippen molar-refractivity contribution < 1.29 is 17.9 Å². The molecule has 0 atom stereocenters. The molecule has 0 saturated carbocycles. The molecule has 6 nitrogen and oxygen atoms in total. The molecule has 0 aliphatic heterocycles. The number of anilines is 1. The summed E-state index contributed by atoms with van der Waals surface area (Å²) in [6.07, 6.45) is 0. The molecule has 0 saturated heterocycles. The van der Waals surface area contributed by atoms with Crippen LogP contribution in [0.2, 0.25) is 0 Å². The van der Waals surface area contributed by atoms with Crippen LogP contribution in [0.1, 0.15) is 20.8 Å². The average Bonchev–Trinajstić information content (AvgIpc) is 2.40. The van der Waals surface area contributed by atoms with Gasteiger partial charge in [0.1, 0.15) is 10.6 Å². The highest BCUT2D eigenvalue weighted by molar-refractivity contribution is 7.89. The number of rotatable bonds is 9. The lowest BCUT2D eigenvalue weighted by Crippen LogP contribution is -2.28. The van der Waals surface area contributed by atoms with Gasteiger partial charge in [0.2, 0.25) is 10.0 Å². The predicted molar refractivity (Wildman–Crippen MR) is 82.9 cm³/mol. The van der Waals surface area contributed by atoms with Crippen LogP contribution in [0.3, 0.4) is 0 Å². The smallest absolute Gasteiger partial charge is 0.244 e. The van der Waals surface area contributed by atoms with Crippen LogP contribution in [-0.4, -0.2) is 34.8 Å². The van der Waals surface area contributed by atoms with Crippen molar-refractivity contribution in [3.05, 3.63) is 18.2 Å². The highest BCUT2D eigenvalue weighted by Gasteiger charge is 2.19. The molecule has 120 valence electrons. The Labute approximate surface area is 126 Å². The van der Waals surface area contributed by atoms with Gasteiger partial charge in [0.15, 0.2) is 0 Å².